The maximum atomic E-state index is 11.2. The van der Waals surface area contributed by atoms with Crippen LogP contribution in [0, 0.1) is 6.57 Å². The molecule has 0 amide bonds. The molecular formula is C27H27ClN2O. The molecule has 3 nitrogen and oxygen atoms in total. The van der Waals surface area contributed by atoms with Crippen LogP contribution in [-0.2, 0) is 11.1 Å². The van der Waals surface area contributed by atoms with Gasteiger partial charge in [-0.15, -0.1) is 0 Å². The van der Waals surface area contributed by atoms with Crippen LogP contribution in [0.4, 0.5) is 0 Å². The fraction of sp³-hybridized carbons (Fsp3) is 0.296. The summed E-state index contributed by atoms with van der Waals surface area (Å²) in [7, 11) is 0. The lowest BCUT2D eigenvalue weighted by Crippen LogP contribution is -2.44. The molecule has 3 aromatic carbocycles. The molecule has 1 N–H and O–H groups in total. The molecule has 1 aliphatic heterocycles. The van der Waals surface area contributed by atoms with Crippen molar-refractivity contribution in [2.75, 3.05) is 19.6 Å². The number of rotatable bonds is 6. The number of piperidine rings is 1. The molecule has 0 bridgehead atoms. The summed E-state index contributed by atoms with van der Waals surface area (Å²) in [5.41, 5.74) is 1.49. The molecule has 0 aliphatic carbocycles. The van der Waals surface area contributed by atoms with E-state index in [0.717, 1.165) is 36.3 Å². The van der Waals surface area contributed by atoms with Gasteiger partial charge in [0.15, 0.2) is 0 Å². The van der Waals surface area contributed by atoms with Crippen LogP contribution in [0.1, 0.15) is 36.0 Å². The number of hydrogen-bond acceptors (Lipinski definition) is 2. The summed E-state index contributed by atoms with van der Waals surface area (Å²) >= 11 is 6.00. The van der Waals surface area contributed by atoms with Crippen LogP contribution in [0.3, 0.4) is 0 Å². The normalized spacial score (nSPS) is 16.5. The summed E-state index contributed by atoms with van der Waals surface area (Å²) in [6, 6.07) is 27.8. The number of nitrogens with zero attached hydrogens (tertiary/aromatic N) is 2. The molecule has 1 saturated heterocycles. The van der Waals surface area contributed by atoms with E-state index in [2.05, 4.69) is 34.0 Å². The van der Waals surface area contributed by atoms with E-state index >= 15 is 0 Å². The highest BCUT2D eigenvalue weighted by atomic mass is 35.5. The smallest absolute Gasteiger partial charge is 0.283 e. The highest BCUT2D eigenvalue weighted by Crippen LogP contribution is 2.39. The zero-order chi connectivity index (χ0) is 21.7. The van der Waals surface area contributed by atoms with Gasteiger partial charge in [-0.05, 0) is 30.5 Å². The highest BCUT2D eigenvalue weighted by Gasteiger charge is 2.42. The van der Waals surface area contributed by atoms with Gasteiger partial charge in [0, 0.05) is 42.2 Å². The zero-order valence-corrected chi connectivity index (χ0v) is 18.3. The number of halogens is 1. The average molecular weight is 431 g/mol. The summed E-state index contributed by atoms with van der Waals surface area (Å²) in [6.45, 7) is 10.6. The van der Waals surface area contributed by atoms with Crippen LogP contribution >= 0.6 is 11.6 Å². The first-order chi connectivity index (χ1) is 15.1. The lowest BCUT2D eigenvalue weighted by molar-refractivity contribution is -0.0265. The van der Waals surface area contributed by atoms with Crippen LogP contribution in [0.15, 0.2) is 84.9 Å². The van der Waals surface area contributed by atoms with Crippen molar-refractivity contribution in [2.24, 2.45) is 0 Å². The van der Waals surface area contributed by atoms with Crippen molar-refractivity contribution in [2.45, 2.75) is 30.4 Å². The first kappa shape index (κ1) is 21.6. The maximum absolute atomic E-state index is 11.2. The van der Waals surface area contributed by atoms with Crippen LogP contribution in [0.2, 0.25) is 5.02 Å². The SMILES string of the molecule is [C-]#[N+]C(CCN1CCC(O)(c2ccc(Cl)cc2)CC1)(c1ccccc1)c1ccccc1. The third-order valence-corrected chi connectivity index (χ3v) is 6.80. The van der Waals surface area contributed by atoms with E-state index in [1.807, 2.05) is 60.7 Å². The Hall–Kier alpha value is -2.64. The average Bonchev–Trinajstić information content (AvgIpc) is 2.83. The van der Waals surface area contributed by atoms with Gasteiger partial charge in [-0.25, -0.2) is 6.57 Å². The van der Waals surface area contributed by atoms with Gasteiger partial charge in [0.25, 0.3) is 5.54 Å². The van der Waals surface area contributed by atoms with Gasteiger partial charge in [-0.1, -0.05) is 84.4 Å². The minimum absolute atomic E-state index is 0.677. The van der Waals surface area contributed by atoms with Gasteiger partial charge >= 0.3 is 0 Å². The van der Waals surface area contributed by atoms with Gasteiger partial charge < -0.3 is 10.0 Å². The molecule has 1 aliphatic rings. The summed E-state index contributed by atoms with van der Waals surface area (Å²) in [5.74, 6) is 0. The van der Waals surface area contributed by atoms with E-state index in [1.165, 1.54) is 0 Å². The third kappa shape index (κ3) is 4.52. The van der Waals surface area contributed by atoms with Crippen molar-refractivity contribution in [1.29, 1.82) is 0 Å². The van der Waals surface area contributed by atoms with Gasteiger partial charge in [-0.2, -0.15) is 0 Å². The van der Waals surface area contributed by atoms with E-state index in [-0.39, 0.29) is 0 Å². The summed E-state index contributed by atoms with van der Waals surface area (Å²) in [6.07, 6.45) is 2.07. The second kappa shape index (κ2) is 9.24. The summed E-state index contributed by atoms with van der Waals surface area (Å²) in [5, 5.41) is 11.8. The number of likely N-dealkylation sites (tertiary alicyclic amines) is 1. The molecule has 0 unspecified atom stereocenters. The monoisotopic (exact) mass is 430 g/mol. The molecule has 31 heavy (non-hydrogen) atoms. The van der Waals surface area contributed by atoms with E-state index in [4.69, 9.17) is 18.2 Å². The second-order valence-corrected chi connectivity index (χ2v) is 8.77. The Morgan fingerprint density at radius 2 is 1.39 bits per heavy atom. The molecule has 0 aromatic heterocycles. The zero-order valence-electron chi connectivity index (χ0n) is 17.5. The van der Waals surface area contributed by atoms with Gasteiger partial charge in [0.1, 0.15) is 0 Å². The Balaban J connectivity index is 1.49. The fourth-order valence-corrected chi connectivity index (χ4v) is 4.71. The van der Waals surface area contributed by atoms with Crippen LogP contribution in [-0.4, -0.2) is 29.6 Å². The molecule has 158 valence electrons. The van der Waals surface area contributed by atoms with E-state index in [1.54, 1.807) is 0 Å². The Labute approximate surface area is 189 Å². The minimum atomic E-state index is -0.809. The lowest BCUT2D eigenvalue weighted by atomic mass is 9.80. The van der Waals surface area contributed by atoms with E-state index in [0.29, 0.717) is 24.3 Å². The number of aliphatic hydroxyl groups is 1. The predicted octanol–water partition coefficient (Wildman–Crippen LogP) is 5.88. The molecule has 1 heterocycles. The largest absolute Gasteiger partial charge is 0.385 e. The third-order valence-electron chi connectivity index (χ3n) is 6.55. The quantitative estimate of drug-likeness (QED) is 0.495. The predicted molar refractivity (Wildman–Crippen MR) is 126 cm³/mol. The molecule has 3 aromatic rings. The van der Waals surface area contributed by atoms with Crippen molar-refractivity contribution >= 4 is 11.6 Å². The number of benzene rings is 3. The highest BCUT2D eigenvalue weighted by molar-refractivity contribution is 6.30. The molecule has 0 radical (unpaired) electrons. The molecule has 4 heteroatoms. The Morgan fingerprint density at radius 3 is 1.87 bits per heavy atom. The van der Waals surface area contributed by atoms with Gasteiger partial charge in [-0.3, -0.25) is 4.85 Å². The van der Waals surface area contributed by atoms with Crippen molar-refractivity contribution in [3.8, 4) is 0 Å². The van der Waals surface area contributed by atoms with Gasteiger partial charge in [0.2, 0.25) is 0 Å². The van der Waals surface area contributed by atoms with Gasteiger partial charge in [0.05, 0.1) is 5.60 Å². The molecule has 1 fully saturated rings. The van der Waals surface area contributed by atoms with Crippen molar-refractivity contribution in [3.05, 3.63) is 118 Å². The van der Waals surface area contributed by atoms with Crippen molar-refractivity contribution in [1.82, 2.24) is 4.90 Å². The van der Waals surface area contributed by atoms with Crippen molar-refractivity contribution < 1.29 is 5.11 Å². The molecule has 0 saturated carbocycles. The molecule has 0 spiro atoms. The Morgan fingerprint density at radius 1 is 0.871 bits per heavy atom. The Bertz CT molecular complexity index is 981. The lowest BCUT2D eigenvalue weighted by Gasteiger charge is -2.39. The Kier molecular flexibility index (Phi) is 6.43. The molecule has 4 rings (SSSR count). The van der Waals surface area contributed by atoms with Crippen LogP contribution in [0.25, 0.3) is 4.85 Å². The summed E-state index contributed by atoms with van der Waals surface area (Å²) < 4.78 is 0. The fourth-order valence-electron chi connectivity index (χ4n) is 4.58. The molecule has 0 atom stereocenters. The topological polar surface area (TPSA) is 27.8 Å². The minimum Gasteiger partial charge on any atom is -0.385 e. The first-order valence-corrected chi connectivity index (χ1v) is 11.1. The standard InChI is InChI=1S/C27H27ClN2O/c1-29-27(23-8-4-2-5-9-23,24-10-6-3-7-11-24)18-21-30-19-16-26(31,17-20-30)22-12-14-25(28)15-13-22/h2-15,31H,16-21H2. The van der Waals surface area contributed by atoms with Crippen molar-refractivity contribution in [3.63, 3.8) is 0 Å². The number of hydrogen-bond donors (Lipinski definition) is 1. The first-order valence-electron chi connectivity index (χ1n) is 10.8. The van der Waals surface area contributed by atoms with E-state index in [9.17, 15) is 5.11 Å². The maximum Gasteiger partial charge on any atom is 0.283 e. The van der Waals surface area contributed by atoms with Crippen LogP contribution < -0.4 is 0 Å². The summed E-state index contributed by atoms with van der Waals surface area (Å²) in [4.78, 5) is 6.56. The molecular weight excluding hydrogens is 404 g/mol. The van der Waals surface area contributed by atoms with Crippen LogP contribution in [0.5, 0.6) is 0 Å². The second-order valence-electron chi connectivity index (χ2n) is 8.33. The van der Waals surface area contributed by atoms with E-state index < -0.39 is 11.1 Å².